The van der Waals surface area contributed by atoms with Crippen LogP contribution in [0, 0.1) is 0 Å². The van der Waals surface area contributed by atoms with Crippen molar-refractivity contribution in [1.29, 1.82) is 0 Å². The highest BCUT2D eigenvalue weighted by molar-refractivity contribution is 6.06. The van der Waals surface area contributed by atoms with E-state index in [1.807, 2.05) is 30.3 Å². The number of carbonyl (C=O) groups is 2. The third kappa shape index (κ3) is 5.83. The minimum atomic E-state index is -0.199. The van der Waals surface area contributed by atoms with Crippen LogP contribution >= 0.6 is 0 Å². The molecule has 0 bridgehead atoms. The van der Waals surface area contributed by atoms with Gasteiger partial charge in [0.05, 0.1) is 0 Å². The van der Waals surface area contributed by atoms with Crippen molar-refractivity contribution in [1.82, 2.24) is 16.0 Å². The molecule has 0 radical (unpaired) electrons. The van der Waals surface area contributed by atoms with Gasteiger partial charge >= 0.3 is 0 Å². The highest BCUT2D eigenvalue weighted by atomic mass is 16.2. The van der Waals surface area contributed by atoms with Crippen molar-refractivity contribution >= 4 is 29.1 Å². The molecule has 1 aliphatic heterocycles. The van der Waals surface area contributed by atoms with E-state index in [0.29, 0.717) is 17.1 Å². The first kappa shape index (κ1) is 21.4. The average molecular weight is 408 g/mol. The number of guanidine groups is 1. The maximum absolute atomic E-state index is 12.5. The van der Waals surface area contributed by atoms with Crippen LogP contribution in [0.2, 0.25) is 0 Å². The molecular weight excluding hydrogens is 378 g/mol. The van der Waals surface area contributed by atoms with Gasteiger partial charge in [-0.3, -0.25) is 19.9 Å². The number of benzene rings is 2. The van der Waals surface area contributed by atoms with Gasteiger partial charge in [0, 0.05) is 41.6 Å². The quantitative estimate of drug-likeness (QED) is 0.566. The number of nitrogens with one attached hydrogen (secondary N) is 4. The fourth-order valence-corrected chi connectivity index (χ4v) is 3.17. The van der Waals surface area contributed by atoms with Gasteiger partial charge in [0.2, 0.25) is 0 Å². The topological polar surface area (TPSA) is 94.6 Å². The van der Waals surface area contributed by atoms with Gasteiger partial charge in [-0.2, -0.15) is 0 Å². The van der Waals surface area contributed by atoms with Crippen molar-refractivity contribution in [2.45, 2.75) is 39.2 Å². The van der Waals surface area contributed by atoms with Gasteiger partial charge < -0.3 is 16.0 Å². The second-order valence-corrected chi connectivity index (χ2v) is 7.23. The van der Waals surface area contributed by atoms with E-state index in [0.717, 1.165) is 43.7 Å². The molecule has 0 saturated heterocycles. The maximum atomic E-state index is 12.5. The minimum absolute atomic E-state index is 0.0707. The lowest BCUT2D eigenvalue weighted by molar-refractivity contribution is 0.0933. The molecule has 2 amide bonds. The van der Waals surface area contributed by atoms with Gasteiger partial charge in [-0.25, -0.2) is 0 Å². The Morgan fingerprint density at radius 1 is 1.00 bits per heavy atom. The third-order valence-corrected chi connectivity index (χ3v) is 5.01. The number of amides is 2. The van der Waals surface area contributed by atoms with Crippen molar-refractivity contribution in [2.75, 3.05) is 18.4 Å². The van der Waals surface area contributed by atoms with Gasteiger partial charge in [-0.05, 0) is 61.7 Å². The van der Waals surface area contributed by atoms with Gasteiger partial charge in [0.25, 0.3) is 11.8 Å². The summed E-state index contributed by atoms with van der Waals surface area (Å²) in [6.45, 7) is 5.67. The monoisotopic (exact) mass is 407 g/mol. The fraction of sp³-hybridized carbons (Fsp3) is 0.348. The summed E-state index contributed by atoms with van der Waals surface area (Å²) in [7, 11) is 0. The van der Waals surface area contributed by atoms with E-state index in [2.05, 4.69) is 40.1 Å². The van der Waals surface area contributed by atoms with Gasteiger partial charge in [-0.15, -0.1) is 0 Å². The van der Waals surface area contributed by atoms with Crippen LogP contribution in [-0.4, -0.2) is 36.9 Å². The Morgan fingerprint density at radius 2 is 1.77 bits per heavy atom. The molecule has 158 valence electrons. The molecule has 1 aliphatic rings. The molecule has 0 aliphatic carbocycles. The van der Waals surface area contributed by atoms with Crippen molar-refractivity contribution in [3.05, 3.63) is 59.7 Å². The molecule has 2 aromatic carbocycles. The predicted octanol–water partition coefficient (Wildman–Crippen LogP) is 3.43. The number of aliphatic imine (C=N–C) groups is 1. The van der Waals surface area contributed by atoms with Gasteiger partial charge in [-0.1, -0.05) is 19.9 Å². The number of nitrogens with zero attached hydrogens (tertiary/aromatic N) is 1. The van der Waals surface area contributed by atoms with E-state index < -0.39 is 0 Å². The van der Waals surface area contributed by atoms with E-state index in [1.54, 1.807) is 18.2 Å². The molecule has 7 heteroatoms. The summed E-state index contributed by atoms with van der Waals surface area (Å²) in [4.78, 5) is 29.1. The average Bonchev–Trinajstić information content (AvgIpc) is 2.78. The Hall–Kier alpha value is -3.35. The van der Waals surface area contributed by atoms with Crippen LogP contribution in [0.3, 0.4) is 0 Å². The molecule has 7 nitrogen and oxygen atoms in total. The highest BCUT2D eigenvalue weighted by Gasteiger charge is 2.12. The van der Waals surface area contributed by atoms with Crippen LogP contribution in [-0.2, 0) is 0 Å². The second-order valence-electron chi connectivity index (χ2n) is 7.23. The summed E-state index contributed by atoms with van der Waals surface area (Å²) in [5, 5.41) is 12.2. The number of anilines is 2. The Balaban J connectivity index is 1.62. The lowest BCUT2D eigenvalue weighted by Gasteiger charge is -2.16. The lowest BCUT2D eigenvalue weighted by atomic mass is 10.1. The normalized spacial score (nSPS) is 13.2. The van der Waals surface area contributed by atoms with Crippen molar-refractivity contribution in [2.24, 2.45) is 4.99 Å². The van der Waals surface area contributed by atoms with Gasteiger partial charge in [0.1, 0.15) is 0 Å². The summed E-state index contributed by atoms with van der Waals surface area (Å²) in [6, 6.07) is 14.7. The zero-order valence-corrected chi connectivity index (χ0v) is 17.5. The number of hydrogen-bond acceptors (Lipinski definition) is 5. The SMILES string of the molecule is CCC(CC)NC(=O)c1cccc(Nc2ccc(C(=O)NC3=NCCCN3)cc2)c1. The molecule has 0 unspecified atom stereocenters. The smallest absolute Gasteiger partial charge is 0.257 e. The molecular formula is C23H29N5O2. The molecule has 4 N–H and O–H groups in total. The first-order valence-electron chi connectivity index (χ1n) is 10.5. The standard InChI is InChI=1S/C23H29N5O2/c1-3-18(4-2)27-22(30)17-7-5-8-20(15-17)26-19-11-9-16(10-12-19)21(29)28-23-24-13-6-14-25-23/h5,7-12,15,18,26H,3-4,6,13-14H2,1-2H3,(H,27,30)(H2,24,25,28,29). The van der Waals surface area contributed by atoms with Crippen molar-refractivity contribution in [3.63, 3.8) is 0 Å². The zero-order valence-electron chi connectivity index (χ0n) is 17.5. The van der Waals surface area contributed by atoms with E-state index in [4.69, 9.17) is 0 Å². The van der Waals surface area contributed by atoms with E-state index >= 15 is 0 Å². The fourth-order valence-electron chi connectivity index (χ4n) is 3.17. The molecule has 30 heavy (non-hydrogen) atoms. The Labute approximate surface area is 177 Å². The summed E-state index contributed by atoms with van der Waals surface area (Å²) >= 11 is 0. The summed E-state index contributed by atoms with van der Waals surface area (Å²) in [5.74, 6) is 0.255. The molecule has 0 saturated carbocycles. The van der Waals surface area contributed by atoms with Crippen LogP contribution in [0.4, 0.5) is 11.4 Å². The first-order chi connectivity index (χ1) is 14.6. The third-order valence-electron chi connectivity index (χ3n) is 5.01. The van der Waals surface area contributed by atoms with Crippen LogP contribution < -0.4 is 21.3 Å². The maximum Gasteiger partial charge on any atom is 0.257 e. The van der Waals surface area contributed by atoms with Crippen LogP contribution in [0.25, 0.3) is 0 Å². The highest BCUT2D eigenvalue weighted by Crippen LogP contribution is 2.19. The van der Waals surface area contributed by atoms with Crippen LogP contribution in [0.15, 0.2) is 53.5 Å². The van der Waals surface area contributed by atoms with E-state index in [-0.39, 0.29) is 17.9 Å². The molecule has 1 heterocycles. The molecule has 3 rings (SSSR count). The molecule has 0 aromatic heterocycles. The Bertz CT molecular complexity index is 904. The Morgan fingerprint density at radius 3 is 2.43 bits per heavy atom. The summed E-state index contributed by atoms with van der Waals surface area (Å²) < 4.78 is 0. The van der Waals surface area contributed by atoms with Crippen LogP contribution in [0.1, 0.15) is 53.8 Å². The molecule has 0 fully saturated rings. The lowest BCUT2D eigenvalue weighted by Crippen LogP contribution is -2.43. The zero-order chi connectivity index (χ0) is 21.3. The largest absolute Gasteiger partial charge is 0.356 e. The van der Waals surface area contributed by atoms with E-state index in [9.17, 15) is 9.59 Å². The van der Waals surface area contributed by atoms with Crippen LogP contribution in [0.5, 0.6) is 0 Å². The number of hydrogen-bond donors (Lipinski definition) is 4. The van der Waals surface area contributed by atoms with Crippen molar-refractivity contribution < 1.29 is 9.59 Å². The Kier molecular flexibility index (Phi) is 7.43. The molecule has 0 atom stereocenters. The molecule has 2 aromatic rings. The predicted molar refractivity (Wildman–Crippen MR) is 120 cm³/mol. The number of rotatable bonds is 7. The molecule has 0 spiro atoms. The first-order valence-corrected chi connectivity index (χ1v) is 10.5. The van der Waals surface area contributed by atoms with E-state index in [1.165, 1.54) is 0 Å². The number of carbonyl (C=O) groups excluding carboxylic acids is 2. The van der Waals surface area contributed by atoms with Crippen molar-refractivity contribution in [3.8, 4) is 0 Å². The summed E-state index contributed by atoms with van der Waals surface area (Å²) in [6.07, 6.45) is 2.79. The van der Waals surface area contributed by atoms with Gasteiger partial charge in [0.15, 0.2) is 5.96 Å². The summed E-state index contributed by atoms with van der Waals surface area (Å²) in [5.41, 5.74) is 2.81. The second kappa shape index (κ2) is 10.4. The minimum Gasteiger partial charge on any atom is -0.356 e.